The third-order valence-electron chi connectivity index (χ3n) is 3.78. The SMILES string of the molecule is CCCCCCCCCC(=O)NCC(=O)NN=Cc1ccccc1O. The fourth-order valence-electron chi connectivity index (χ4n) is 2.32. The number of nitrogens with zero attached hydrogens (tertiary/aromatic N) is 1. The predicted octanol–water partition coefficient (Wildman–Crippen LogP) is 3.10. The fourth-order valence-corrected chi connectivity index (χ4v) is 2.32. The first-order valence-electron chi connectivity index (χ1n) is 9.00. The van der Waals surface area contributed by atoms with E-state index in [1.165, 1.54) is 38.0 Å². The number of carbonyl (C=O) groups excluding carboxylic acids is 2. The molecule has 0 radical (unpaired) electrons. The zero-order chi connectivity index (χ0) is 18.3. The van der Waals surface area contributed by atoms with E-state index >= 15 is 0 Å². The van der Waals surface area contributed by atoms with Crippen molar-refractivity contribution < 1.29 is 14.7 Å². The Kier molecular flexibility index (Phi) is 10.7. The monoisotopic (exact) mass is 347 g/mol. The van der Waals surface area contributed by atoms with Crippen molar-refractivity contribution in [3.63, 3.8) is 0 Å². The molecule has 0 saturated heterocycles. The third-order valence-corrected chi connectivity index (χ3v) is 3.78. The van der Waals surface area contributed by atoms with E-state index in [2.05, 4.69) is 22.8 Å². The summed E-state index contributed by atoms with van der Waals surface area (Å²) in [6.07, 6.45) is 9.88. The minimum Gasteiger partial charge on any atom is -0.507 e. The molecular weight excluding hydrogens is 318 g/mol. The Morgan fingerprint density at radius 3 is 2.44 bits per heavy atom. The van der Waals surface area contributed by atoms with Crippen LogP contribution in [-0.4, -0.2) is 29.7 Å². The van der Waals surface area contributed by atoms with Gasteiger partial charge in [0.1, 0.15) is 5.75 Å². The maximum absolute atomic E-state index is 11.7. The molecule has 0 aliphatic rings. The van der Waals surface area contributed by atoms with Crippen LogP contribution in [0.3, 0.4) is 0 Å². The molecule has 0 spiro atoms. The normalized spacial score (nSPS) is 10.8. The summed E-state index contributed by atoms with van der Waals surface area (Å²) >= 11 is 0. The van der Waals surface area contributed by atoms with Crippen molar-refractivity contribution in [2.75, 3.05) is 6.54 Å². The zero-order valence-electron chi connectivity index (χ0n) is 15.0. The largest absolute Gasteiger partial charge is 0.507 e. The lowest BCUT2D eigenvalue weighted by atomic mass is 10.1. The highest BCUT2D eigenvalue weighted by atomic mass is 16.3. The van der Waals surface area contributed by atoms with Crippen LogP contribution < -0.4 is 10.7 Å². The number of nitrogens with one attached hydrogen (secondary N) is 2. The highest BCUT2D eigenvalue weighted by Crippen LogP contribution is 2.12. The van der Waals surface area contributed by atoms with E-state index in [1.54, 1.807) is 18.2 Å². The molecular formula is C19H29N3O3. The Labute approximate surface area is 149 Å². The van der Waals surface area contributed by atoms with Crippen LogP contribution in [0.15, 0.2) is 29.4 Å². The molecule has 1 rings (SSSR count). The van der Waals surface area contributed by atoms with Crippen LogP contribution in [0.25, 0.3) is 0 Å². The Bertz CT molecular complexity index is 559. The number of phenols is 1. The van der Waals surface area contributed by atoms with Gasteiger partial charge in [-0.05, 0) is 18.6 Å². The lowest BCUT2D eigenvalue weighted by Gasteiger charge is -2.04. The molecule has 0 aromatic heterocycles. The van der Waals surface area contributed by atoms with Crippen molar-refractivity contribution in [1.82, 2.24) is 10.7 Å². The quantitative estimate of drug-likeness (QED) is 0.308. The number of rotatable bonds is 12. The van der Waals surface area contributed by atoms with Crippen molar-refractivity contribution in [3.05, 3.63) is 29.8 Å². The molecule has 1 aromatic rings. The van der Waals surface area contributed by atoms with Gasteiger partial charge >= 0.3 is 0 Å². The minimum atomic E-state index is -0.403. The second-order valence-electron chi connectivity index (χ2n) is 6.00. The van der Waals surface area contributed by atoms with E-state index in [0.29, 0.717) is 12.0 Å². The molecule has 0 bridgehead atoms. The van der Waals surface area contributed by atoms with E-state index in [0.717, 1.165) is 19.3 Å². The van der Waals surface area contributed by atoms with Gasteiger partial charge in [-0.25, -0.2) is 5.43 Å². The van der Waals surface area contributed by atoms with E-state index in [4.69, 9.17) is 0 Å². The van der Waals surface area contributed by atoms with Gasteiger partial charge in [-0.2, -0.15) is 5.10 Å². The zero-order valence-corrected chi connectivity index (χ0v) is 15.0. The standard InChI is InChI=1S/C19H29N3O3/c1-2-3-4-5-6-7-8-13-18(24)20-15-19(25)22-21-14-16-11-9-10-12-17(16)23/h9-12,14,23H,2-8,13,15H2,1H3,(H,20,24)(H,22,25). The number of aromatic hydroxyl groups is 1. The summed E-state index contributed by atoms with van der Waals surface area (Å²) in [5.74, 6) is -0.434. The average Bonchev–Trinajstić information content (AvgIpc) is 2.61. The molecule has 0 unspecified atom stereocenters. The summed E-state index contributed by atoms with van der Waals surface area (Å²) in [5.41, 5.74) is 2.82. The van der Waals surface area contributed by atoms with Crippen LogP contribution in [0, 0.1) is 0 Å². The number of phenolic OH excluding ortho intramolecular Hbond substituents is 1. The Balaban J connectivity index is 2.09. The first-order chi connectivity index (χ1) is 12.1. The van der Waals surface area contributed by atoms with Gasteiger partial charge in [0, 0.05) is 12.0 Å². The predicted molar refractivity (Wildman–Crippen MR) is 99.5 cm³/mol. The van der Waals surface area contributed by atoms with Gasteiger partial charge in [-0.15, -0.1) is 0 Å². The van der Waals surface area contributed by atoms with E-state index in [9.17, 15) is 14.7 Å². The molecule has 2 amide bonds. The van der Waals surface area contributed by atoms with Crippen molar-refractivity contribution in [2.24, 2.45) is 5.10 Å². The van der Waals surface area contributed by atoms with Crippen LogP contribution in [0.1, 0.15) is 63.9 Å². The van der Waals surface area contributed by atoms with Gasteiger partial charge in [-0.3, -0.25) is 9.59 Å². The van der Waals surface area contributed by atoms with E-state index < -0.39 is 5.91 Å². The van der Waals surface area contributed by atoms with Crippen molar-refractivity contribution in [2.45, 2.75) is 58.3 Å². The fraction of sp³-hybridized carbons (Fsp3) is 0.526. The topological polar surface area (TPSA) is 90.8 Å². The number of carbonyl (C=O) groups is 2. The van der Waals surface area contributed by atoms with Gasteiger partial charge in [0.2, 0.25) is 5.91 Å². The number of hydrogen-bond acceptors (Lipinski definition) is 4. The second kappa shape index (κ2) is 13.0. The lowest BCUT2D eigenvalue weighted by Crippen LogP contribution is -2.34. The number of hydrogen-bond donors (Lipinski definition) is 3. The van der Waals surface area contributed by atoms with Gasteiger partial charge in [0.15, 0.2) is 0 Å². The average molecular weight is 347 g/mol. The summed E-state index contributed by atoms with van der Waals surface area (Å²) < 4.78 is 0. The lowest BCUT2D eigenvalue weighted by molar-refractivity contribution is -0.126. The maximum Gasteiger partial charge on any atom is 0.259 e. The van der Waals surface area contributed by atoms with Crippen molar-refractivity contribution in [1.29, 1.82) is 0 Å². The maximum atomic E-state index is 11.7. The van der Waals surface area contributed by atoms with Gasteiger partial charge in [0.05, 0.1) is 12.8 Å². The van der Waals surface area contributed by atoms with Gasteiger partial charge < -0.3 is 10.4 Å². The molecule has 0 aliphatic heterocycles. The third kappa shape index (κ3) is 10.2. The van der Waals surface area contributed by atoms with E-state index in [1.807, 2.05) is 0 Å². The van der Waals surface area contributed by atoms with Crippen molar-refractivity contribution in [3.8, 4) is 5.75 Å². The molecule has 0 saturated carbocycles. The number of hydrazone groups is 1. The van der Waals surface area contributed by atoms with Crippen LogP contribution in [0.5, 0.6) is 5.75 Å². The number of benzene rings is 1. The first kappa shape index (κ1) is 20.7. The van der Waals surface area contributed by atoms with Crippen LogP contribution in [0.2, 0.25) is 0 Å². The van der Waals surface area contributed by atoms with E-state index in [-0.39, 0.29) is 18.2 Å². The van der Waals surface area contributed by atoms with Crippen molar-refractivity contribution >= 4 is 18.0 Å². The molecule has 0 heterocycles. The minimum absolute atomic E-state index is 0.0866. The number of amides is 2. The summed E-state index contributed by atoms with van der Waals surface area (Å²) in [6, 6.07) is 6.67. The summed E-state index contributed by atoms with van der Waals surface area (Å²) in [4.78, 5) is 23.3. The molecule has 1 aromatic carbocycles. The first-order valence-corrected chi connectivity index (χ1v) is 9.00. The molecule has 0 fully saturated rings. The van der Waals surface area contributed by atoms with Crippen LogP contribution in [-0.2, 0) is 9.59 Å². The molecule has 25 heavy (non-hydrogen) atoms. The highest BCUT2D eigenvalue weighted by molar-refractivity contribution is 5.87. The molecule has 0 atom stereocenters. The van der Waals surface area contributed by atoms with Crippen LogP contribution >= 0.6 is 0 Å². The number of para-hydroxylation sites is 1. The molecule has 0 aliphatic carbocycles. The highest BCUT2D eigenvalue weighted by Gasteiger charge is 2.04. The Morgan fingerprint density at radius 1 is 1.04 bits per heavy atom. The second-order valence-corrected chi connectivity index (χ2v) is 6.00. The summed E-state index contributed by atoms with van der Waals surface area (Å²) in [6.45, 7) is 2.09. The molecule has 138 valence electrons. The van der Waals surface area contributed by atoms with Gasteiger partial charge in [0.25, 0.3) is 5.91 Å². The van der Waals surface area contributed by atoms with Gasteiger partial charge in [-0.1, -0.05) is 57.6 Å². The smallest absolute Gasteiger partial charge is 0.259 e. The molecule has 6 heteroatoms. The molecule has 6 nitrogen and oxygen atoms in total. The summed E-state index contributed by atoms with van der Waals surface area (Å²) in [5, 5.41) is 15.9. The summed E-state index contributed by atoms with van der Waals surface area (Å²) in [7, 11) is 0. The Hall–Kier alpha value is -2.37. The Morgan fingerprint density at radius 2 is 1.72 bits per heavy atom. The number of unbranched alkanes of at least 4 members (excludes halogenated alkanes) is 6. The van der Waals surface area contributed by atoms with Crippen LogP contribution in [0.4, 0.5) is 0 Å². The molecule has 3 N–H and O–H groups in total.